The summed E-state index contributed by atoms with van der Waals surface area (Å²) in [5.41, 5.74) is 0.936. The summed E-state index contributed by atoms with van der Waals surface area (Å²) in [5, 5.41) is 6.37. The molecule has 0 fully saturated rings. The van der Waals surface area contributed by atoms with Gasteiger partial charge in [0.1, 0.15) is 17.7 Å². The molecule has 130 valence electrons. The molecule has 5 nitrogen and oxygen atoms in total. The molecule has 0 saturated carbocycles. The molecule has 24 heavy (non-hydrogen) atoms. The lowest BCUT2D eigenvalue weighted by Crippen LogP contribution is -2.41. The molecular formula is C17H22FIN4O. The smallest absolute Gasteiger partial charge is 0.191 e. The van der Waals surface area contributed by atoms with Gasteiger partial charge < -0.3 is 15.4 Å². The first-order chi connectivity index (χ1) is 11.2. The van der Waals surface area contributed by atoms with Gasteiger partial charge in [-0.05, 0) is 43.3 Å². The molecule has 2 rings (SSSR count). The molecule has 2 N–H and O–H groups in total. The van der Waals surface area contributed by atoms with Crippen molar-refractivity contribution in [2.45, 2.75) is 19.6 Å². The summed E-state index contributed by atoms with van der Waals surface area (Å²) in [6.45, 7) is 3.09. The Hall–Kier alpha value is -1.90. The van der Waals surface area contributed by atoms with Crippen molar-refractivity contribution in [2.24, 2.45) is 4.99 Å². The van der Waals surface area contributed by atoms with Crippen molar-refractivity contribution in [3.8, 4) is 5.75 Å². The van der Waals surface area contributed by atoms with E-state index < -0.39 is 0 Å². The van der Waals surface area contributed by atoms with E-state index in [1.54, 1.807) is 25.4 Å². The molecule has 2 aromatic rings. The first kappa shape index (κ1) is 20.1. The van der Waals surface area contributed by atoms with E-state index in [4.69, 9.17) is 4.74 Å². The molecule has 0 saturated heterocycles. The zero-order valence-electron chi connectivity index (χ0n) is 13.7. The molecule has 0 bridgehead atoms. The highest BCUT2D eigenvalue weighted by Crippen LogP contribution is 2.12. The minimum atomic E-state index is -0.276. The van der Waals surface area contributed by atoms with Gasteiger partial charge in [0.2, 0.25) is 0 Å². The summed E-state index contributed by atoms with van der Waals surface area (Å²) in [7, 11) is 1.71. The van der Waals surface area contributed by atoms with Gasteiger partial charge in [0.25, 0.3) is 0 Å². The van der Waals surface area contributed by atoms with Crippen LogP contribution >= 0.6 is 24.0 Å². The Morgan fingerprint density at radius 3 is 2.58 bits per heavy atom. The van der Waals surface area contributed by atoms with Crippen molar-refractivity contribution in [3.63, 3.8) is 0 Å². The molecule has 1 aromatic carbocycles. The van der Waals surface area contributed by atoms with Crippen molar-refractivity contribution in [3.05, 3.63) is 60.2 Å². The van der Waals surface area contributed by atoms with E-state index in [0.717, 1.165) is 5.69 Å². The standard InChI is InChI=1S/C17H21FN4O.HI/c1-13(23-16-8-6-14(18)7-9-16)11-21-17(19-2)22-12-15-5-3-4-10-20-15;/h3-10,13H,11-12H2,1-2H3,(H2,19,21,22);1H. The Bertz CT molecular complexity index is 622. The topological polar surface area (TPSA) is 58.5 Å². The van der Waals surface area contributed by atoms with Crippen molar-refractivity contribution >= 4 is 29.9 Å². The fourth-order valence-corrected chi connectivity index (χ4v) is 1.93. The number of aromatic nitrogens is 1. The van der Waals surface area contributed by atoms with E-state index in [9.17, 15) is 4.39 Å². The SMILES string of the molecule is CN=C(NCc1ccccn1)NCC(C)Oc1ccc(F)cc1.I. The lowest BCUT2D eigenvalue weighted by atomic mass is 10.3. The lowest BCUT2D eigenvalue weighted by molar-refractivity contribution is 0.223. The van der Waals surface area contributed by atoms with Crippen LogP contribution in [0.4, 0.5) is 4.39 Å². The number of aliphatic imine (C=N–C) groups is 1. The number of rotatable bonds is 6. The average Bonchev–Trinajstić information content (AvgIpc) is 2.58. The van der Waals surface area contributed by atoms with Crippen molar-refractivity contribution in [1.82, 2.24) is 15.6 Å². The molecule has 7 heteroatoms. The molecule has 0 aliphatic heterocycles. The van der Waals surface area contributed by atoms with Crippen molar-refractivity contribution < 1.29 is 9.13 Å². The maximum Gasteiger partial charge on any atom is 0.191 e. The van der Waals surface area contributed by atoms with E-state index in [2.05, 4.69) is 20.6 Å². The van der Waals surface area contributed by atoms with E-state index in [-0.39, 0.29) is 35.9 Å². The second-order valence-corrected chi connectivity index (χ2v) is 5.01. The first-order valence-corrected chi connectivity index (χ1v) is 7.44. The van der Waals surface area contributed by atoms with Gasteiger partial charge in [0, 0.05) is 13.2 Å². The minimum Gasteiger partial charge on any atom is -0.489 e. The second-order valence-electron chi connectivity index (χ2n) is 5.01. The predicted molar refractivity (Wildman–Crippen MR) is 104 cm³/mol. The van der Waals surface area contributed by atoms with Crippen molar-refractivity contribution in [1.29, 1.82) is 0 Å². The molecule has 1 unspecified atom stereocenters. The van der Waals surface area contributed by atoms with Crippen LogP contribution in [0.2, 0.25) is 0 Å². The van der Waals surface area contributed by atoms with Crippen LogP contribution in [0.1, 0.15) is 12.6 Å². The van der Waals surface area contributed by atoms with E-state index in [1.807, 2.05) is 25.1 Å². The molecule has 0 radical (unpaired) electrons. The number of nitrogens with one attached hydrogen (secondary N) is 2. The van der Waals surface area contributed by atoms with Gasteiger partial charge >= 0.3 is 0 Å². The van der Waals surface area contributed by atoms with Crippen LogP contribution in [-0.4, -0.2) is 30.6 Å². The Balaban J connectivity index is 0.00000288. The zero-order valence-corrected chi connectivity index (χ0v) is 16.0. The quantitative estimate of drug-likeness (QED) is 0.409. The van der Waals surface area contributed by atoms with Gasteiger partial charge in [-0.3, -0.25) is 9.98 Å². The van der Waals surface area contributed by atoms with Crippen LogP contribution in [0, 0.1) is 5.82 Å². The summed E-state index contributed by atoms with van der Waals surface area (Å²) in [5.74, 6) is 1.03. The molecule has 1 aromatic heterocycles. The number of guanidine groups is 1. The predicted octanol–water partition coefficient (Wildman–Crippen LogP) is 2.97. The monoisotopic (exact) mass is 444 g/mol. The number of halogens is 2. The minimum absolute atomic E-state index is 0. The van der Waals surface area contributed by atoms with Crippen molar-refractivity contribution in [2.75, 3.05) is 13.6 Å². The maximum absolute atomic E-state index is 12.9. The number of pyridine rings is 1. The summed E-state index contributed by atoms with van der Waals surface area (Å²) in [6.07, 6.45) is 1.67. The van der Waals surface area contributed by atoms with Gasteiger partial charge in [0.05, 0.1) is 18.8 Å². The van der Waals surface area contributed by atoms with E-state index in [0.29, 0.717) is 24.8 Å². The summed E-state index contributed by atoms with van der Waals surface area (Å²) < 4.78 is 18.6. The molecule has 1 atom stereocenters. The lowest BCUT2D eigenvalue weighted by Gasteiger charge is -2.17. The van der Waals surface area contributed by atoms with Crippen LogP contribution in [0.25, 0.3) is 0 Å². The normalized spacial score (nSPS) is 12.0. The van der Waals surface area contributed by atoms with Crippen LogP contribution in [-0.2, 0) is 6.54 Å². The third-order valence-electron chi connectivity index (χ3n) is 3.09. The Morgan fingerprint density at radius 2 is 1.96 bits per heavy atom. The first-order valence-electron chi connectivity index (χ1n) is 7.44. The second kappa shape index (κ2) is 10.8. The maximum atomic E-state index is 12.9. The number of nitrogens with zero attached hydrogens (tertiary/aromatic N) is 2. The third kappa shape index (κ3) is 7.12. The number of ether oxygens (including phenoxy) is 1. The highest BCUT2D eigenvalue weighted by atomic mass is 127. The molecule has 0 aliphatic carbocycles. The zero-order chi connectivity index (χ0) is 16.5. The van der Waals surface area contributed by atoms with Gasteiger partial charge in [-0.2, -0.15) is 0 Å². The van der Waals surface area contributed by atoms with E-state index in [1.165, 1.54) is 12.1 Å². The van der Waals surface area contributed by atoms with Gasteiger partial charge in [-0.25, -0.2) is 4.39 Å². The number of hydrogen-bond donors (Lipinski definition) is 2. The summed E-state index contributed by atoms with van der Waals surface area (Å²) in [4.78, 5) is 8.40. The highest BCUT2D eigenvalue weighted by Gasteiger charge is 2.06. The fourth-order valence-electron chi connectivity index (χ4n) is 1.93. The number of benzene rings is 1. The molecule has 0 amide bonds. The van der Waals surface area contributed by atoms with Gasteiger partial charge in [-0.1, -0.05) is 6.07 Å². The van der Waals surface area contributed by atoms with Gasteiger partial charge in [0.15, 0.2) is 5.96 Å². The largest absolute Gasteiger partial charge is 0.489 e. The van der Waals surface area contributed by atoms with Crippen LogP contribution in [0.3, 0.4) is 0 Å². The Kier molecular flexibility index (Phi) is 9.06. The van der Waals surface area contributed by atoms with Gasteiger partial charge in [-0.15, -0.1) is 24.0 Å². The Morgan fingerprint density at radius 1 is 1.21 bits per heavy atom. The molecule has 0 aliphatic rings. The van der Waals surface area contributed by atoms with Crippen LogP contribution < -0.4 is 15.4 Å². The Labute approximate surface area is 158 Å². The molecular weight excluding hydrogens is 422 g/mol. The van der Waals surface area contributed by atoms with Crippen LogP contribution in [0.15, 0.2) is 53.7 Å². The molecule has 1 heterocycles. The fraction of sp³-hybridized carbons (Fsp3) is 0.294. The average molecular weight is 444 g/mol. The summed E-state index contributed by atoms with van der Waals surface area (Å²) >= 11 is 0. The summed E-state index contributed by atoms with van der Waals surface area (Å²) in [6, 6.07) is 11.7. The third-order valence-corrected chi connectivity index (χ3v) is 3.09. The highest BCUT2D eigenvalue weighted by molar-refractivity contribution is 14.0. The van der Waals surface area contributed by atoms with E-state index >= 15 is 0 Å². The molecule has 0 spiro atoms. The van der Waals surface area contributed by atoms with Crippen LogP contribution in [0.5, 0.6) is 5.75 Å². The number of hydrogen-bond acceptors (Lipinski definition) is 3.